The molecule has 4 nitrogen and oxygen atoms in total. The van der Waals surface area contributed by atoms with Crippen LogP contribution in [0.1, 0.15) is 53.4 Å². The van der Waals surface area contributed by atoms with Crippen molar-refractivity contribution in [2.24, 2.45) is 11.8 Å². The molecular formula is C36H35IrN2O2S-. The van der Waals surface area contributed by atoms with Crippen molar-refractivity contribution in [1.82, 2.24) is 9.38 Å². The van der Waals surface area contributed by atoms with Gasteiger partial charge in [-0.15, -0.1) is 34.9 Å². The molecule has 0 amide bonds. The van der Waals surface area contributed by atoms with Crippen LogP contribution in [-0.2, 0) is 24.9 Å². The zero-order valence-corrected chi connectivity index (χ0v) is 27.6. The molecule has 0 unspecified atom stereocenters. The second-order valence-corrected chi connectivity index (χ2v) is 11.9. The number of aromatic nitrogens is 2. The van der Waals surface area contributed by atoms with E-state index in [2.05, 4.69) is 71.1 Å². The van der Waals surface area contributed by atoms with E-state index in [-0.39, 0.29) is 43.5 Å². The van der Waals surface area contributed by atoms with E-state index >= 15 is 0 Å². The van der Waals surface area contributed by atoms with Crippen LogP contribution in [0, 0.1) is 17.9 Å². The molecule has 0 atom stereocenters. The molecule has 4 aromatic heterocycles. The Labute approximate surface area is 263 Å². The van der Waals surface area contributed by atoms with Crippen LogP contribution in [0.4, 0.5) is 0 Å². The molecular weight excluding hydrogens is 717 g/mol. The first kappa shape index (κ1) is 30.2. The Kier molecular flexibility index (Phi) is 8.98. The van der Waals surface area contributed by atoms with E-state index in [1.54, 1.807) is 0 Å². The Balaban J connectivity index is 0.000000193. The van der Waals surface area contributed by atoms with Crippen molar-refractivity contribution in [2.45, 2.75) is 53.4 Å². The number of carbonyl (C=O) groups is 1. The molecule has 42 heavy (non-hydrogen) atoms. The van der Waals surface area contributed by atoms with Crippen LogP contribution in [0.5, 0.6) is 0 Å². The molecule has 0 bridgehead atoms. The van der Waals surface area contributed by atoms with E-state index < -0.39 is 0 Å². The number of aliphatic hydroxyl groups excluding tert-OH is 1. The molecule has 0 saturated heterocycles. The maximum atomic E-state index is 11.7. The topological polar surface area (TPSA) is 54.6 Å². The number of aliphatic hydroxyl groups is 1. The van der Waals surface area contributed by atoms with E-state index in [0.717, 1.165) is 42.0 Å². The average molecular weight is 752 g/mol. The van der Waals surface area contributed by atoms with Crippen LogP contribution in [-0.4, -0.2) is 20.3 Å². The fourth-order valence-corrected chi connectivity index (χ4v) is 7.21. The van der Waals surface area contributed by atoms with Crippen molar-refractivity contribution in [3.63, 3.8) is 0 Å². The first-order valence-corrected chi connectivity index (χ1v) is 15.5. The number of pyridine rings is 2. The summed E-state index contributed by atoms with van der Waals surface area (Å²) in [7, 11) is 0. The zero-order valence-electron chi connectivity index (χ0n) is 24.4. The molecule has 7 aromatic rings. The molecule has 1 N–H and O–H groups in total. The van der Waals surface area contributed by atoms with Gasteiger partial charge in [0.15, 0.2) is 5.78 Å². The van der Waals surface area contributed by atoms with Gasteiger partial charge in [-0.2, -0.15) is 0 Å². The van der Waals surface area contributed by atoms with Gasteiger partial charge in [-0.05, 0) is 43.9 Å². The predicted octanol–water partition coefficient (Wildman–Crippen LogP) is 10.3. The fourth-order valence-electron chi connectivity index (χ4n) is 6.11. The standard InChI is InChI=1S/C23H11N2S.C13H24O2.Ir/c1-2-5-14-11-17-16(10-13(14)4-1)18-12-15-6-3-7-19-22(15)25(18)23-20(26-19)8-9-24-21(17)23;1-5-10(6-2)12(14)9-13(15)11(7-3)8-4;/h1-10,12H;9-11,14H,5-8H2,1-4H3;/q-1;;/b;12-9-;. The van der Waals surface area contributed by atoms with Crippen molar-refractivity contribution in [1.29, 1.82) is 0 Å². The monoisotopic (exact) mass is 752 g/mol. The second-order valence-electron chi connectivity index (χ2n) is 10.8. The number of rotatable bonds is 7. The van der Waals surface area contributed by atoms with Crippen LogP contribution in [0.3, 0.4) is 0 Å². The summed E-state index contributed by atoms with van der Waals surface area (Å²) < 4.78 is 4.98. The van der Waals surface area contributed by atoms with Gasteiger partial charge in [-0.1, -0.05) is 74.2 Å². The Hall–Kier alpha value is -3.31. The van der Waals surface area contributed by atoms with Crippen molar-refractivity contribution >= 4 is 75.5 Å². The first-order valence-electron chi connectivity index (χ1n) is 14.7. The maximum Gasteiger partial charge on any atom is 0.162 e. The molecule has 217 valence electrons. The van der Waals surface area contributed by atoms with Gasteiger partial charge >= 0.3 is 0 Å². The van der Waals surface area contributed by atoms with Crippen LogP contribution >= 0.6 is 11.3 Å². The van der Waals surface area contributed by atoms with E-state index in [1.807, 2.05) is 45.2 Å². The van der Waals surface area contributed by atoms with Crippen LogP contribution in [0.25, 0.3) is 58.4 Å². The van der Waals surface area contributed by atoms with Gasteiger partial charge in [0.1, 0.15) is 0 Å². The van der Waals surface area contributed by atoms with Gasteiger partial charge < -0.3 is 9.51 Å². The summed E-state index contributed by atoms with van der Waals surface area (Å²) in [6.07, 6.45) is 6.83. The molecule has 0 aliphatic rings. The molecule has 0 fully saturated rings. The van der Waals surface area contributed by atoms with Crippen molar-refractivity contribution in [2.75, 3.05) is 0 Å². The van der Waals surface area contributed by atoms with Gasteiger partial charge in [0.05, 0.1) is 21.5 Å². The quantitative estimate of drug-likeness (QED) is 0.0580. The van der Waals surface area contributed by atoms with Gasteiger partial charge in [0.2, 0.25) is 0 Å². The van der Waals surface area contributed by atoms with Gasteiger partial charge in [0, 0.05) is 65.3 Å². The van der Waals surface area contributed by atoms with E-state index in [0.29, 0.717) is 0 Å². The summed E-state index contributed by atoms with van der Waals surface area (Å²) in [5.41, 5.74) is 4.79. The smallest absolute Gasteiger partial charge is 0.162 e. The summed E-state index contributed by atoms with van der Waals surface area (Å²) in [4.78, 5) is 16.5. The Morgan fingerprint density at radius 2 is 1.60 bits per heavy atom. The number of ketones is 1. The summed E-state index contributed by atoms with van der Waals surface area (Å²) >= 11 is 1.84. The molecule has 4 heterocycles. The maximum absolute atomic E-state index is 11.7. The number of hydrogen-bond acceptors (Lipinski definition) is 4. The number of allylic oxidation sites excluding steroid dienone is 2. The predicted molar refractivity (Wildman–Crippen MR) is 174 cm³/mol. The molecule has 6 heteroatoms. The van der Waals surface area contributed by atoms with Crippen LogP contribution in [0.15, 0.2) is 78.7 Å². The average Bonchev–Trinajstić information content (AvgIpc) is 3.39. The Bertz CT molecular complexity index is 2050. The summed E-state index contributed by atoms with van der Waals surface area (Å²) in [6.45, 7) is 8.07. The summed E-state index contributed by atoms with van der Waals surface area (Å²) in [6, 6.07) is 25.4. The van der Waals surface area contributed by atoms with Gasteiger partial charge in [-0.3, -0.25) is 9.78 Å². The molecule has 0 spiro atoms. The van der Waals surface area contributed by atoms with Gasteiger partial charge in [0.25, 0.3) is 0 Å². The molecule has 0 aliphatic carbocycles. The Morgan fingerprint density at radius 1 is 0.905 bits per heavy atom. The minimum absolute atomic E-state index is 0. The molecule has 3 aromatic carbocycles. The second kappa shape index (κ2) is 12.5. The Morgan fingerprint density at radius 3 is 2.33 bits per heavy atom. The minimum atomic E-state index is 0. The number of nitrogens with zero attached hydrogens (tertiary/aromatic N) is 2. The third kappa shape index (κ3) is 5.10. The number of para-hydroxylation sites is 1. The van der Waals surface area contributed by atoms with Gasteiger partial charge in [-0.25, -0.2) is 0 Å². The van der Waals surface area contributed by atoms with Crippen LogP contribution < -0.4 is 0 Å². The van der Waals surface area contributed by atoms with E-state index in [9.17, 15) is 9.90 Å². The molecule has 1 radical (unpaired) electrons. The third-order valence-electron chi connectivity index (χ3n) is 8.50. The number of benzene rings is 3. The van der Waals surface area contributed by atoms with Crippen molar-refractivity contribution in [3.05, 3.63) is 84.8 Å². The summed E-state index contributed by atoms with van der Waals surface area (Å²) in [5, 5.41) is 15.7. The number of fused-ring (bicyclic) bond motifs is 4. The molecule has 7 rings (SSSR count). The minimum Gasteiger partial charge on any atom is -0.512 e. The van der Waals surface area contributed by atoms with Crippen molar-refractivity contribution in [3.8, 4) is 0 Å². The summed E-state index contributed by atoms with van der Waals surface area (Å²) in [5.74, 6) is 0.547. The van der Waals surface area contributed by atoms with E-state index in [4.69, 9.17) is 4.98 Å². The first-order chi connectivity index (χ1) is 20.0. The normalized spacial score (nSPS) is 12.3. The third-order valence-corrected chi connectivity index (χ3v) is 9.60. The number of hydrogen-bond donors (Lipinski definition) is 1. The number of carbonyl (C=O) groups excluding carboxylic acids is 1. The van der Waals surface area contributed by atoms with E-state index in [1.165, 1.54) is 48.2 Å². The van der Waals surface area contributed by atoms with Crippen LogP contribution in [0.2, 0.25) is 0 Å². The molecule has 0 saturated carbocycles. The molecule has 0 aliphatic heterocycles. The fraction of sp³-hybridized carbons (Fsp3) is 0.278. The van der Waals surface area contributed by atoms with Crippen molar-refractivity contribution < 1.29 is 30.0 Å². The zero-order chi connectivity index (χ0) is 28.7. The SMILES string of the molecule is CCC(CC)C(=O)/C=C(\O)C(CC)CC.[Ir].[c-]1c2ccccc2cc2c1c1nccc3sc4cccc5cc2n(c54)c31. The largest absolute Gasteiger partial charge is 0.512 e.